The summed E-state index contributed by atoms with van der Waals surface area (Å²) in [7, 11) is 0. The molecule has 0 spiro atoms. The summed E-state index contributed by atoms with van der Waals surface area (Å²) in [5.41, 5.74) is 0. The Hall–Kier alpha value is -1.39. The van der Waals surface area contributed by atoms with Gasteiger partial charge in [0.05, 0.1) is 19.3 Å². The predicted molar refractivity (Wildman–Crippen MR) is 52.1 cm³/mol. The topological polar surface area (TPSA) is 65.8 Å². The van der Waals surface area contributed by atoms with E-state index < -0.39 is 0 Å². The van der Waals surface area contributed by atoms with E-state index in [4.69, 9.17) is 0 Å². The van der Waals surface area contributed by atoms with Crippen LogP contribution in [0.3, 0.4) is 0 Å². The molecule has 0 aliphatic carbocycles. The number of urea groups is 1. The van der Waals surface area contributed by atoms with Gasteiger partial charge < -0.3 is 5.32 Å². The van der Waals surface area contributed by atoms with Crippen LogP contribution in [0.4, 0.5) is 4.79 Å². The summed E-state index contributed by atoms with van der Waals surface area (Å²) in [5, 5.41) is 5.17. The third kappa shape index (κ3) is 2.69. The van der Waals surface area contributed by atoms with Crippen molar-refractivity contribution in [2.45, 2.75) is 6.92 Å². The van der Waals surface area contributed by atoms with Crippen LogP contribution in [0.25, 0.3) is 0 Å². The number of nitrogens with one attached hydrogen (secondary N) is 2. The molecule has 0 fully saturated rings. The fraction of sp³-hybridized carbons (Fsp3) is 0.571. The lowest BCUT2D eigenvalue weighted by Crippen LogP contribution is -2.40. The van der Waals surface area contributed by atoms with Crippen LogP contribution in [0.1, 0.15) is 9.78 Å². The Balaban J connectivity index is 0. The summed E-state index contributed by atoms with van der Waals surface area (Å²) in [6.45, 7) is 3.82. The Labute approximate surface area is 73.9 Å². The first-order valence-electron chi connectivity index (χ1n) is 3.92. The van der Waals surface area contributed by atoms with Crippen LogP contribution in [0.5, 0.6) is 0 Å². The lowest BCUT2D eigenvalue weighted by molar-refractivity contribution is 0.246. The van der Waals surface area contributed by atoms with Gasteiger partial charge in [0.25, 0.3) is 0 Å². The van der Waals surface area contributed by atoms with Crippen LogP contribution in [-0.4, -0.2) is 37.7 Å². The molecule has 1 aliphatic heterocycles. The number of amidine groups is 1. The van der Waals surface area contributed by atoms with Crippen molar-refractivity contribution in [1.82, 2.24) is 10.6 Å². The highest BCUT2D eigenvalue weighted by Crippen LogP contribution is 1.82. The number of nitrogens with zero attached hydrogens (tertiary/aromatic N) is 2. The Kier molecular flexibility index (Phi) is 3.25. The summed E-state index contributed by atoms with van der Waals surface area (Å²) >= 11 is 0. The van der Waals surface area contributed by atoms with Crippen molar-refractivity contribution in [1.29, 1.82) is 0 Å². The quantitative estimate of drug-likeness (QED) is 0.586. The first-order chi connectivity index (χ1) is 5.83. The van der Waals surface area contributed by atoms with Gasteiger partial charge in [0.15, 0.2) is 0 Å². The number of aliphatic imine (C=N–C) groups is 2. The number of hydrogen-bond acceptors (Lipinski definition) is 3. The predicted octanol–water partition coefficient (Wildman–Crippen LogP) is 0.280. The van der Waals surface area contributed by atoms with E-state index in [9.17, 15) is 4.79 Å². The molecule has 70 valence electrons. The van der Waals surface area contributed by atoms with Crippen LogP contribution in [0, 0.1) is 0 Å². The van der Waals surface area contributed by atoms with Crippen molar-refractivity contribution in [3.63, 3.8) is 0 Å². The average molecular weight is 172 g/mol. The molecule has 0 saturated carbocycles. The zero-order valence-electron chi connectivity index (χ0n) is 7.00. The van der Waals surface area contributed by atoms with Crippen molar-refractivity contribution >= 4 is 18.1 Å². The minimum atomic E-state index is -0.232. The molecule has 0 aromatic carbocycles. The van der Waals surface area contributed by atoms with Gasteiger partial charge in [-0.05, 0) is 6.92 Å². The summed E-state index contributed by atoms with van der Waals surface area (Å²) < 4.78 is 0. The van der Waals surface area contributed by atoms with Crippen LogP contribution in [-0.2, 0) is 0 Å². The molecule has 0 saturated heterocycles. The zero-order valence-corrected chi connectivity index (χ0v) is 7.00. The molecule has 2 N–H and O–H groups in total. The van der Waals surface area contributed by atoms with Gasteiger partial charge >= 0.3 is 6.03 Å². The number of amides is 2. The SMILES string of the molecule is CCNC(=O)NC1=NCCN=C1.[HH].[HH]. The van der Waals surface area contributed by atoms with E-state index >= 15 is 0 Å². The molecule has 0 aromatic heterocycles. The maximum absolute atomic E-state index is 10.9. The molecule has 0 atom stereocenters. The molecule has 1 heterocycles. The maximum Gasteiger partial charge on any atom is 0.320 e. The largest absolute Gasteiger partial charge is 0.338 e. The minimum absolute atomic E-state index is 0. The smallest absolute Gasteiger partial charge is 0.320 e. The number of rotatable bonds is 1. The Morgan fingerprint density at radius 2 is 2.58 bits per heavy atom. The fourth-order valence-electron chi connectivity index (χ4n) is 0.813. The van der Waals surface area contributed by atoms with Crippen molar-refractivity contribution in [2.24, 2.45) is 9.98 Å². The molecule has 0 unspecified atom stereocenters. The van der Waals surface area contributed by atoms with Crippen LogP contribution >= 0.6 is 0 Å². The van der Waals surface area contributed by atoms with Gasteiger partial charge in [0.1, 0.15) is 5.84 Å². The minimum Gasteiger partial charge on any atom is -0.338 e. The highest BCUT2D eigenvalue weighted by molar-refractivity contribution is 6.32. The molecule has 2 amide bonds. The third-order valence-corrected chi connectivity index (χ3v) is 1.30. The van der Waals surface area contributed by atoms with E-state index in [1.54, 1.807) is 6.21 Å². The van der Waals surface area contributed by atoms with Gasteiger partial charge in [-0.25, -0.2) is 4.79 Å². The first-order valence-corrected chi connectivity index (χ1v) is 3.92. The van der Waals surface area contributed by atoms with E-state index in [1.165, 1.54) is 0 Å². The molecule has 0 bridgehead atoms. The normalized spacial score (nSPS) is 15.2. The van der Waals surface area contributed by atoms with Gasteiger partial charge in [-0.1, -0.05) is 0 Å². The monoisotopic (exact) mass is 172 g/mol. The van der Waals surface area contributed by atoms with Gasteiger partial charge in [0.2, 0.25) is 0 Å². The van der Waals surface area contributed by atoms with Crippen LogP contribution < -0.4 is 10.6 Å². The Bertz CT molecular complexity index is 230. The van der Waals surface area contributed by atoms with Crippen molar-refractivity contribution in [3.05, 3.63) is 0 Å². The molecule has 0 radical (unpaired) electrons. The van der Waals surface area contributed by atoms with E-state index in [-0.39, 0.29) is 8.88 Å². The lowest BCUT2D eigenvalue weighted by atomic mass is 10.5. The highest BCUT2D eigenvalue weighted by Gasteiger charge is 2.03. The Morgan fingerprint density at radius 3 is 3.17 bits per heavy atom. The number of hydrogen-bond donors (Lipinski definition) is 2. The number of carbonyl (C=O) groups excluding carboxylic acids is 1. The van der Waals surface area contributed by atoms with E-state index in [0.29, 0.717) is 25.5 Å². The molecule has 5 nitrogen and oxygen atoms in total. The van der Waals surface area contributed by atoms with E-state index in [2.05, 4.69) is 20.6 Å². The average Bonchev–Trinajstić information content (AvgIpc) is 2.06. The van der Waals surface area contributed by atoms with E-state index in [1.807, 2.05) is 6.92 Å². The first kappa shape index (κ1) is 8.70. The zero-order chi connectivity index (χ0) is 8.81. The van der Waals surface area contributed by atoms with Crippen molar-refractivity contribution in [2.75, 3.05) is 19.6 Å². The molecular formula is C7H16N4O. The Morgan fingerprint density at radius 1 is 1.75 bits per heavy atom. The third-order valence-electron chi connectivity index (χ3n) is 1.30. The summed E-state index contributed by atoms with van der Waals surface area (Å²) in [4.78, 5) is 19.0. The second-order valence-electron chi connectivity index (χ2n) is 2.29. The molecule has 12 heavy (non-hydrogen) atoms. The molecule has 1 rings (SSSR count). The van der Waals surface area contributed by atoms with E-state index in [0.717, 1.165) is 0 Å². The van der Waals surface area contributed by atoms with Gasteiger partial charge in [-0.3, -0.25) is 15.3 Å². The van der Waals surface area contributed by atoms with Crippen LogP contribution in [0.2, 0.25) is 0 Å². The summed E-state index contributed by atoms with van der Waals surface area (Å²) in [6.07, 6.45) is 1.57. The molecule has 1 aliphatic rings. The second-order valence-corrected chi connectivity index (χ2v) is 2.29. The summed E-state index contributed by atoms with van der Waals surface area (Å²) in [6, 6.07) is -0.232. The van der Waals surface area contributed by atoms with Crippen molar-refractivity contribution < 1.29 is 7.65 Å². The number of carbonyl (C=O) groups is 1. The standard InChI is InChI=1S/C7H12N4O.2H2/c1-2-9-7(12)11-6-5-8-3-4-10-6;;/h5H,2-4H2,1H3,(H2,9,10,11,12);2*1H. The lowest BCUT2D eigenvalue weighted by Gasteiger charge is -2.07. The van der Waals surface area contributed by atoms with Crippen LogP contribution in [0.15, 0.2) is 9.98 Å². The van der Waals surface area contributed by atoms with Crippen molar-refractivity contribution in [3.8, 4) is 0 Å². The van der Waals surface area contributed by atoms with Gasteiger partial charge in [0, 0.05) is 9.40 Å². The molecule has 0 aromatic rings. The second kappa shape index (κ2) is 4.48. The molecule has 5 heteroatoms. The van der Waals surface area contributed by atoms with Gasteiger partial charge in [-0.15, -0.1) is 0 Å². The highest BCUT2D eigenvalue weighted by atomic mass is 16.2. The maximum atomic E-state index is 10.9. The van der Waals surface area contributed by atoms with Gasteiger partial charge in [-0.2, -0.15) is 0 Å². The molecular weight excluding hydrogens is 156 g/mol. The summed E-state index contributed by atoms with van der Waals surface area (Å²) in [5.74, 6) is 0.534. The fourth-order valence-corrected chi connectivity index (χ4v) is 0.813.